The molecule has 40 heavy (non-hydrogen) atoms. The van der Waals surface area contributed by atoms with Gasteiger partial charge in [0.25, 0.3) is 0 Å². The van der Waals surface area contributed by atoms with E-state index in [0.717, 1.165) is 49.9 Å². The fourth-order valence-electron chi connectivity index (χ4n) is 5.89. The number of nitrogens with zero attached hydrogens (tertiary/aromatic N) is 8. The smallest absolute Gasteiger partial charge is 0.168 e. The number of H-pyrrole nitrogens is 1. The molecule has 1 unspecified atom stereocenters. The first-order valence-electron chi connectivity index (χ1n) is 13.4. The molecule has 2 saturated heterocycles. The van der Waals surface area contributed by atoms with Gasteiger partial charge in [-0.2, -0.15) is 10.4 Å². The van der Waals surface area contributed by atoms with Crippen molar-refractivity contribution in [2.24, 2.45) is 0 Å². The number of anilines is 2. The van der Waals surface area contributed by atoms with Gasteiger partial charge in [-0.05, 0) is 56.3 Å². The van der Waals surface area contributed by atoms with Crippen molar-refractivity contribution < 1.29 is 8.78 Å². The molecular weight excluding hydrogens is 512 g/mol. The van der Waals surface area contributed by atoms with Crippen LogP contribution in [0.4, 0.5) is 20.3 Å². The van der Waals surface area contributed by atoms with E-state index in [9.17, 15) is 14.0 Å². The van der Waals surface area contributed by atoms with Crippen molar-refractivity contribution in [3.63, 3.8) is 0 Å². The van der Waals surface area contributed by atoms with E-state index in [4.69, 9.17) is 9.97 Å². The van der Waals surface area contributed by atoms with Crippen LogP contribution < -0.4 is 9.80 Å². The van der Waals surface area contributed by atoms with Crippen LogP contribution >= 0.6 is 0 Å². The average molecular weight is 540 g/mol. The maximum absolute atomic E-state index is 14.7. The number of hydrogen-bond acceptors (Lipinski definition) is 7. The Morgan fingerprint density at radius 1 is 1.02 bits per heavy atom. The predicted octanol–water partition coefficient (Wildman–Crippen LogP) is 4.52. The van der Waals surface area contributed by atoms with Crippen molar-refractivity contribution in [1.82, 2.24) is 29.5 Å². The van der Waals surface area contributed by atoms with E-state index in [-0.39, 0.29) is 6.04 Å². The molecular formula is C29H27F2N9. The first-order valence-corrected chi connectivity index (χ1v) is 13.4. The summed E-state index contributed by atoms with van der Waals surface area (Å²) < 4.78 is 30.3. The Kier molecular flexibility index (Phi) is 5.86. The van der Waals surface area contributed by atoms with E-state index in [1.165, 1.54) is 12.1 Å². The first kappa shape index (κ1) is 24.5. The van der Waals surface area contributed by atoms with Crippen molar-refractivity contribution in [1.29, 1.82) is 5.26 Å². The molecule has 3 aromatic heterocycles. The molecule has 2 aliphatic rings. The van der Waals surface area contributed by atoms with E-state index in [0.29, 0.717) is 52.5 Å². The van der Waals surface area contributed by atoms with Crippen molar-refractivity contribution in [2.45, 2.75) is 18.9 Å². The predicted molar refractivity (Wildman–Crippen MR) is 148 cm³/mol. The van der Waals surface area contributed by atoms with Crippen LogP contribution in [0.25, 0.3) is 28.1 Å². The van der Waals surface area contributed by atoms with Crippen molar-refractivity contribution >= 4 is 28.2 Å². The number of imidazole rings is 1. The van der Waals surface area contributed by atoms with E-state index in [1.54, 1.807) is 10.7 Å². The van der Waals surface area contributed by atoms with E-state index < -0.39 is 11.6 Å². The Balaban J connectivity index is 1.26. The normalized spacial score (nSPS) is 18.2. The molecule has 7 rings (SSSR count). The first-order chi connectivity index (χ1) is 19.5. The number of likely N-dealkylation sites (N-methyl/N-ethyl adjacent to an activating group) is 1. The highest BCUT2D eigenvalue weighted by Gasteiger charge is 2.30. The van der Waals surface area contributed by atoms with Gasteiger partial charge in [0.05, 0.1) is 40.1 Å². The summed E-state index contributed by atoms with van der Waals surface area (Å²) in [5.74, 6) is 0.396. The van der Waals surface area contributed by atoms with Crippen LogP contribution in [0.5, 0.6) is 0 Å². The van der Waals surface area contributed by atoms with Crippen LogP contribution in [0.2, 0.25) is 0 Å². The quantitative estimate of drug-likeness (QED) is 0.359. The van der Waals surface area contributed by atoms with Crippen molar-refractivity contribution in [3.8, 4) is 17.5 Å². The third-order valence-corrected chi connectivity index (χ3v) is 8.04. The second-order valence-corrected chi connectivity index (χ2v) is 10.5. The van der Waals surface area contributed by atoms with Gasteiger partial charge < -0.3 is 19.7 Å². The molecule has 5 heterocycles. The minimum absolute atomic E-state index is 0.305. The highest BCUT2D eigenvalue weighted by molar-refractivity contribution is 5.87. The van der Waals surface area contributed by atoms with Crippen LogP contribution in [0.1, 0.15) is 30.0 Å². The van der Waals surface area contributed by atoms with Crippen LogP contribution in [-0.4, -0.2) is 69.2 Å². The summed E-state index contributed by atoms with van der Waals surface area (Å²) in [6, 6.07) is 11.3. The third kappa shape index (κ3) is 4.12. The van der Waals surface area contributed by atoms with Gasteiger partial charge in [0, 0.05) is 44.5 Å². The zero-order valence-electron chi connectivity index (χ0n) is 22.0. The van der Waals surface area contributed by atoms with E-state index in [1.807, 2.05) is 29.3 Å². The summed E-state index contributed by atoms with van der Waals surface area (Å²) in [6.45, 7) is 4.28. The number of piperazine rings is 1. The summed E-state index contributed by atoms with van der Waals surface area (Å²) >= 11 is 0. The molecule has 2 fully saturated rings. The Hall–Kier alpha value is -4.56. The number of nitrogens with one attached hydrogen (secondary N) is 1. The Bertz CT molecular complexity index is 1780. The van der Waals surface area contributed by atoms with Gasteiger partial charge in [0.2, 0.25) is 0 Å². The van der Waals surface area contributed by atoms with Crippen LogP contribution in [0, 0.1) is 23.0 Å². The summed E-state index contributed by atoms with van der Waals surface area (Å²) in [7, 11) is 2.10. The topological polar surface area (TPSA) is 92.4 Å². The van der Waals surface area contributed by atoms with Gasteiger partial charge in [0.15, 0.2) is 5.65 Å². The molecule has 0 radical (unpaired) electrons. The molecule has 5 aromatic rings. The lowest BCUT2D eigenvalue weighted by molar-refractivity contribution is 0.313. The van der Waals surface area contributed by atoms with Crippen molar-refractivity contribution in [3.05, 3.63) is 71.6 Å². The number of halogens is 2. The number of hydrogen-bond donors (Lipinski definition) is 1. The monoisotopic (exact) mass is 539 g/mol. The molecule has 1 N–H and O–H groups in total. The van der Waals surface area contributed by atoms with Gasteiger partial charge in [-0.15, -0.1) is 0 Å². The molecule has 0 amide bonds. The van der Waals surface area contributed by atoms with Crippen molar-refractivity contribution in [2.75, 3.05) is 49.6 Å². The van der Waals surface area contributed by atoms with Gasteiger partial charge in [-0.3, -0.25) is 0 Å². The van der Waals surface area contributed by atoms with Crippen LogP contribution in [0.3, 0.4) is 0 Å². The van der Waals surface area contributed by atoms with Crippen LogP contribution in [-0.2, 0) is 0 Å². The second kappa shape index (κ2) is 9.57. The number of fused-ring (bicyclic) bond motifs is 2. The van der Waals surface area contributed by atoms with Crippen LogP contribution in [0.15, 0.2) is 48.8 Å². The molecule has 11 heteroatoms. The number of aromatic amines is 1. The maximum Gasteiger partial charge on any atom is 0.168 e. The standard InChI is InChI=1S/C29H27F2N9/c1-37-9-11-38(12-10-37)26-15-24-23(13-18(26)16-32)34-28(35-24)21-17-33-40-8-6-27(36-29(21)40)39-7-2-3-25(39)20-14-19(30)4-5-22(20)31/h4-6,8,13-15,17,25H,2-3,7,9-12H2,1H3,(H,34,35). The Labute approximate surface area is 229 Å². The lowest BCUT2D eigenvalue weighted by Crippen LogP contribution is -2.44. The third-order valence-electron chi connectivity index (χ3n) is 8.04. The fraction of sp³-hybridized carbons (Fsp3) is 0.310. The number of benzene rings is 2. The maximum atomic E-state index is 14.7. The molecule has 2 aliphatic heterocycles. The molecule has 0 aliphatic carbocycles. The fourth-order valence-corrected chi connectivity index (χ4v) is 5.89. The molecule has 2 aromatic carbocycles. The highest BCUT2D eigenvalue weighted by atomic mass is 19.1. The SMILES string of the molecule is CN1CCN(c2cc3[nH]c(-c4cnn5ccc(N6CCCC6c6cc(F)ccc6F)nc45)nc3cc2C#N)CC1. The largest absolute Gasteiger partial charge is 0.368 e. The lowest BCUT2D eigenvalue weighted by Gasteiger charge is -2.34. The van der Waals surface area contributed by atoms with Gasteiger partial charge in [-0.1, -0.05) is 0 Å². The average Bonchev–Trinajstić information content (AvgIpc) is 3.71. The molecule has 0 saturated carbocycles. The minimum Gasteiger partial charge on any atom is -0.368 e. The zero-order valence-corrected chi connectivity index (χ0v) is 22.0. The number of aromatic nitrogens is 5. The second-order valence-electron chi connectivity index (χ2n) is 10.5. The lowest BCUT2D eigenvalue weighted by atomic mass is 10.0. The van der Waals surface area contributed by atoms with E-state index >= 15 is 0 Å². The summed E-state index contributed by atoms with van der Waals surface area (Å²) in [5, 5.41) is 14.3. The van der Waals surface area contributed by atoms with E-state index in [2.05, 4.69) is 33.0 Å². The summed E-state index contributed by atoms with van der Waals surface area (Å²) in [4.78, 5) is 19.7. The molecule has 9 nitrogen and oxygen atoms in total. The molecule has 0 spiro atoms. The van der Waals surface area contributed by atoms with Gasteiger partial charge in [-0.25, -0.2) is 23.3 Å². The minimum atomic E-state index is -0.454. The molecule has 202 valence electrons. The molecule has 0 bridgehead atoms. The molecule has 1 atom stereocenters. The number of rotatable bonds is 4. The Morgan fingerprint density at radius 2 is 1.88 bits per heavy atom. The van der Waals surface area contributed by atoms with Gasteiger partial charge >= 0.3 is 0 Å². The summed E-state index contributed by atoms with van der Waals surface area (Å²) in [6.07, 6.45) is 5.09. The zero-order chi connectivity index (χ0) is 27.4. The highest BCUT2D eigenvalue weighted by Crippen LogP contribution is 2.37. The van der Waals surface area contributed by atoms with Gasteiger partial charge in [0.1, 0.15) is 29.3 Å². The Morgan fingerprint density at radius 3 is 2.70 bits per heavy atom. The number of nitriles is 1. The summed E-state index contributed by atoms with van der Waals surface area (Å²) in [5.41, 5.74) is 4.69.